The monoisotopic (exact) mass is 377 g/mol. The van der Waals surface area contributed by atoms with Crippen LogP contribution in [0.5, 0.6) is 5.88 Å². The van der Waals surface area contributed by atoms with Crippen LogP contribution in [-0.4, -0.2) is 38.6 Å². The molecular weight excluding hydrogens is 358 g/mol. The minimum absolute atomic E-state index is 0.0215. The van der Waals surface area contributed by atoms with Gasteiger partial charge in [-0.05, 0) is 30.3 Å². The van der Waals surface area contributed by atoms with Crippen LogP contribution in [0, 0.1) is 0 Å². The molecule has 1 aromatic heterocycles. The lowest BCUT2D eigenvalue weighted by molar-refractivity contribution is 0.0237. The van der Waals surface area contributed by atoms with Gasteiger partial charge in [0.25, 0.3) is 5.91 Å². The highest BCUT2D eigenvalue weighted by Gasteiger charge is 2.16. The van der Waals surface area contributed by atoms with E-state index in [-0.39, 0.29) is 16.9 Å². The summed E-state index contributed by atoms with van der Waals surface area (Å²) in [7, 11) is -3.76. The molecule has 138 valence electrons. The second kappa shape index (κ2) is 7.81. The van der Waals surface area contributed by atoms with E-state index in [9.17, 15) is 13.2 Å². The highest BCUT2D eigenvalue weighted by atomic mass is 32.2. The van der Waals surface area contributed by atoms with Gasteiger partial charge in [-0.25, -0.2) is 18.5 Å². The summed E-state index contributed by atoms with van der Waals surface area (Å²) < 4.78 is 33.5. The number of hydrogen-bond donors (Lipinski definition) is 2. The van der Waals surface area contributed by atoms with E-state index in [1.807, 2.05) is 0 Å². The van der Waals surface area contributed by atoms with E-state index in [4.69, 9.17) is 14.6 Å². The van der Waals surface area contributed by atoms with Crippen LogP contribution in [0.1, 0.15) is 23.2 Å². The van der Waals surface area contributed by atoms with E-state index in [2.05, 4.69) is 10.3 Å². The molecular formula is C17H19N3O5S. The number of pyridine rings is 1. The van der Waals surface area contributed by atoms with Gasteiger partial charge in [-0.3, -0.25) is 4.79 Å². The van der Waals surface area contributed by atoms with Crippen molar-refractivity contribution in [2.24, 2.45) is 5.14 Å². The average molecular weight is 377 g/mol. The maximum Gasteiger partial charge on any atom is 0.257 e. The average Bonchev–Trinajstić information content (AvgIpc) is 2.63. The summed E-state index contributed by atoms with van der Waals surface area (Å²) in [6.45, 7) is 1.35. The van der Waals surface area contributed by atoms with Crippen LogP contribution in [0.3, 0.4) is 0 Å². The molecule has 0 bridgehead atoms. The smallest absolute Gasteiger partial charge is 0.257 e. The fraction of sp³-hybridized carbons (Fsp3) is 0.294. The molecule has 1 aliphatic rings. The normalized spacial score (nSPS) is 15.4. The number of anilines is 1. The number of nitrogens with zero attached hydrogens (tertiary/aromatic N) is 1. The van der Waals surface area contributed by atoms with Gasteiger partial charge < -0.3 is 14.8 Å². The zero-order chi connectivity index (χ0) is 18.6. The van der Waals surface area contributed by atoms with Gasteiger partial charge in [0.05, 0.1) is 23.7 Å². The van der Waals surface area contributed by atoms with Crippen molar-refractivity contribution in [3.05, 3.63) is 48.2 Å². The van der Waals surface area contributed by atoms with E-state index in [0.717, 1.165) is 12.8 Å². The molecule has 0 radical (unpaired) electrons. The Kier molecular flexibility index (Phi) is 5.50. The standard InChI is InChI=1S/C17H19N3O5S/c18-26(22,23)15-4-2-13(3-5-15)20-17(21)12-1-6-16(19-11-12)25-14-7-9-24-10-8-14/h1-6,11,14H,7-10H2,(H,20,21)(H2,18,22,23). The highest BCUT2D eigenvalue weighted by molar-refractivity contribution is 7.89. The van der Waals surface area contributed by atoms with E-state index in [1.165, 1.54) is 30.5 Å². The lowest BCUT2D eigenvalue weighted by Crippen LogP contribution is -2.26. The van der Waals surface area contributed by atoms with Crippen LogP contribution in [-0.2, 0) is 14.8 Å². The van der Waals surface area contributed by atoms with E-state index >= 15 is 0 Å². The third-order valence-electron chi connectivity index (χ3n) is 3.89. The first-order valence-electron chi connectivity index (χ1n) is 8.06. The molecule has 3 N–H and O–H groups in total. The Balaban J connectivity index is 1.60. The van der Waals surface area contributed by atoms with Crippen LogP contribution < -0.4 is 15.2 Å². The second-order valence-electron chi connectivity index (χ2n) is 5.84. The van der Waals surface area contributed by atoms with Crippen LogP contribution in [0.4, 0.5) is 5.69 Å². The Bertz CT molecular complexity index is 860. The first-order valence-corrected chi connectivity index (χ1v) is 9.61. The molecule has 2 heterocycles. The summed E-state index contributed by atoms with van der Waals surface area (Å²) in [4.78, 5) is 16.4. The molecule has 2 aromatic rings. The van der Waals surface area contributed by atoms with Gasteiger partial charge in [-0.2, -0.15) is 0 Å². The summed E-state index contributed by atoms with van der Waals surface area (Å²) >= 11 is 0. The van der Waals surface area contributed by atoms with Gasteiger partial charge in [-0.15, -0.1) is 0 Å². The zero-order valence-electron chi connectivity index (χ0n) is 13.9. The Morgan fingerprint density at radius 1 is 1.15 bits per heavy atom. The van der Waals surface area contributed by atoms with E-state index in [1.54, 1.807) is 12.1 Å². The third kappa shape index (κ3) is 4.78. The number of rotatable bonds is 5. The molecule has 0 saturated carbocycles. The Hall–Kier alpha value is -2.49. The number of ether oxygens (including phenoxy) is 2. The predicted octanol–water partition coefficient (Wildman–Crippen LogP) is 1.54. The van der Waals surface area contributed by atoms with Crippen molar-refractivity contribution in [2.45, 2.75) is 23.8 Å². The lowest BCUT2D eigenvalue weighted by atomic mass is 10.1. The molecule has 8 nitrogen and oxygen atoms in total. The van der Waals surface area contributed by atoms with Gasteiger partial charge in [-0.1, -0.05) is 0 Å². The molecule has 1 fully saturated rings. The van der Waals surface area contributed by atoms with Gasteiger partial charge >= 0.3 is 0 Å². The fourth-order valence-electron chi connectivity index (χ4n) is 2.48. The van der Waals surface area contributed by atoms with E-state index in [0.29, 0.717) is 30.3 Å². The number of amides is 1. The summed E-state index contributed by atoms with van der Waals surface area (Å²) in [5.74, 6) is 0.101. The molecule has 1 saturated heterocycles. The molecule has 3 rings (SSSR count). The molecule has 0 spiro atoms. The Morgan fingerprint density at radius 2 is 1.85 bits per heavy atom. The first kappa shape index (κ1) is 18.3. The number of aromatic nitrogens is 1. The van der Waals surface area contributed by atoms with Gasteiger partial charge in [0, 0.05) is 30.8 Å². The van der Waals surface area contributed by atoms with Crippen molar-refractivity contribution >= 4 is 21.6 Å². The Labute approximate surface area is 151 Å². The van der Waals surface area contributed by atoms with Crippen molar-refractivity contribution in [1.82, 2.24) is 4.98 Å². The topological polar surface area (TPSA) is 121 Å². The number of benzene rings is 1. The summed E-state index contributed by atoms with van der Waals surface area (Å²) in [5, 5.41) is 7.70. The molecule has 9 heteroatoms. The molecule has 1 aromatic carbocycles. The molecule has 0 unspecified atom stereocenters. The van der Waals surface area contributed by atoms with Crippen molar-refractivity contribution in [3.63, 3.8) is 0 Å². The van der Waals surface area contributed by atoms with Crippen molar-refractivity contribution in [2.75, 3.05) is 18.5 Å². The summed E-state index contributed by atoms with van der Waals surface area (Å²) in [5.41, 5.74) is 0.810. The molecule has 0 atom stereocenters. The number of hydrogen-bond acceptors (Lipinski definition) is 6. The van der Waals surface area contributed by atoms with Crippen LogP contribution in [0.2, 0.25) is 0 Å². The number of nitrogens with two attached hydrogens (primary N) is 1. The SMILES string of the molecule is NS(=O)(=O)c1ccc(NC(=O)c2ccc(OC3CCOCC3)nc2)cc1. The fourth-order valence-corrected chi connectivity index (χ4v) is 3.00. The number of carbonyl (C=O) groups excluding carboxylic acids is 1. The summed E-state index contributed by atoms with van der Waals surface area (Å²) in [6.07, 6.45) is 3.15. The largest absolute Gasteiger partial charge is 0.474 e. The number of carbonyl (C=O) groups is 1. The first-order chi connectivity index (χ1) is 12.4. The number of primary sulfonamides is 1. The second-order valence-corrected chi connectivity index (χ2v) is 7.40. The van der Waals surface area contributed by atoms with Gasteiger partial charge in [0.1, 0.15) is 6.10 Å². The number of nitrogens with one attached hydrogen (secondary N) is 1. The molecule has 26 heavy (non-hydrogen) atoms. The number of sulfonamides is 1. The minimum atomic E-state index is -3.76. The van der Waals surface area contributed by atoms with Gasteiger partial charge in [0.2, 0.25) is 15.9 Å². The van der Waals surface area contributed by atoms with Crippen LogP contribution >= 0.6 is 0 Å². The van der Waals surface area contributed by atoms with Crippen molar-refractivity contribution in [3.8, 4) is 5.88 Å². The quantitative estimate of drug-likeness (QED) is 0.815. The summed E-state index contributed by atoms with van der Waals surface area (Å²) in [6, 6.07) is 8.85. The predicted molar refractivity (Wildman–Crippen MR) is 94.5 cm³/mol. The van der Waals surface area contributed by atoms with Gasteiger partial charge in [0.15, 0.2) is 0 Å². The highest BCUT2D eigenvalue weighted by Crippen LogP contribution is 2.17. The van der Waals surface area contributed by atoms with Crippen molar-refractivity contribution in [1.29, 1.82) is 0 Å². The zero-order valence-corrected chi connectivity index (χ0v) is 14.7. The maximum atomic E-state index is 12.2. The minimum Gasteiger partial charge on any atom is -0.474 e. The van der Waals surface area contributed by atoms with E-state index < -0.39 is 10.0 Å². The maximum absolute atomic E-state index is 12.2. The van der Waals surface area contributed by atoms with Crippen LogP contribution in [0.15, 0.2) is 47.5 Å². The Morgan fingerprint density at radius 3 is 2.42 bits per heavy atom. The molecule has 1 amide bonds. The van der Waals surface area contributed by atoms with Crippen LogP contribution in [0.25, 0.3) is 0 Å². The molecule has 0 aliphatic carbocycles. The lowest BCUT2D eigenvalue weighted by Gasteiger charge is -2.22. The van der Waals surface area contributed by atoms with Crippen molar-refractivity contribution < 1.29 is 22.7 Å². The third-order valence-corrected chi connectivity index (χ3v) is 4.82. The molecule has 1 aliphatic heterocycles.